The second-order valence-electron chi connectivity index (χ2n) is 5.84. The summed E-state index contributed by atoms with van der Waals surface area (Å²) in [4.78, 5) is 17.0. The molecule has 4 aromatic rings. The lowest BCUT2D eigenvalue weighted by molar-refractivity contribution is 0.0734. The van der Waals surface area contributed by atoms with E-state index in [1.165, 1.54) is 0 Å². The summed E-state index contributed by atoms with van der Waals surface area (Å²) in [5, 5.41) is 4.46. The maximum atomic E-state index is 12.8. The third-order valence-electron chi connectivity index (χ3n) is 4.10. The molecule has 26 heavy (non-hydrogen) atoms. The molecule has 0 radical (unpaired) electrons. The van der Waals surface area contributed by atoms with Gasteiger partial charge in [-0.05, 0) is 25.1 Å². The van der Waals surface area contributed by atoms with Crippen LogP contribution in [0.5, 0.6) is 5.75 Å². The van der Waals surface area contributed by atoms with Crippen molar-refractivity contribution in [2.45, 2.75) is 6.92 Å². The normalized spacial score (nSPS) is 11.0. The predicted octanol–water partition coefficient (Wildman–Crippen LogP) is 4.41. The first-order valence-corrected chi connectivity index (χ1v) is 8.27. The second kappa shape index (κ2) is 6.31. The fraction of sp³-hybridized carbons (Fsp3) is 0.105. The van der Waals surface area contributed by atoms with Gasteiger partial charge in [-0.15, -0.1) is 0 Å². The number of aryl methyl sites for hydroxylation is 2. The van der Waals surface area contributed by atoms with E-state index in [-0.39, 0.29) is 5.56 Å². The lowest BCUT2D eigenvalue weighted by Crippen LogP contribution is -2.10. The molecule has 0 bridgehead atoms. The molecule has 0 aliphatic heterocycles. The summed E-state index contributed by atoms with van der Waals surface area (Å²) in [5.74, 6) is 0.199. The molecule has 0 atom stereocenters. The summed E-state index contributed by atoms with van der Waals surface area (Å²) in [6.45, 7) is 1.66. The van der Waals surface area contributed by atoms with E-state index < -0.39 is 5.97 Å². The van der Waals surface area contributed by atoms with E-state index >= 15 is 0 Å². The molecular formula is C19H14ClN3O3. The van der Waals surface area contributed by atoms with Gasteiger partial charge in [0.1, 0.15) is 22.8 Å². The van der Waals surface area contributed by atoms with E-state index in [2.05, 4.69) is 10.1 Å². The first-order chi connectivity index (χ1) is 12.5. The van der Waals surface area contributed by atoms with Gasteiger partial charge in [0.05, 0.1) is 22.4 Å². The van der Waals surface area contributed by atoms with Crippen LogP contribution in [0.2, 0.25) is 5.02 Å². The van der Waals surface area contributed by atoms with Gasteiger partial charge in [0.25, 0.3) is 0 Å². The van der Waals surface area contributed by atoms with E-state index in [0.717, 1.165) is 11.0 Å². The summed E-state index contributed by atoms with van der Waals surface area (Å²) in [6.07, 6.45) is 1.70. The lowest BCUT2D eigenvalue weighted by Gasteiger charge is -2.06. The molecular weight excluding hydrogens is 354 g/mol. The van der Waals surface area contributed by atoms with Gasteiger partial charge >= 0.3 is 5.97 Å². The number of rotatable bonds is 3. The molecule has 0 saturated carbocycles. The largest absolute Gasteiger partial charge is 0.423 e. The molecule has 0 fully saturated rings. The van der Waals surface area contributed by atoms with Crippen molar-refractivity contribution in [2.75, 3.05) is 0 Å². The number of carbonyl (C=O) groups excluding carboxylic acids is 1. The summed E-state index contributed by atoms with van der Waals surface area (Å²) in [5.41, 5.74) is 2.91. The van der Waals surface area contributed by atoms with Gasteiger partial charge in [-0.1, -0.05) is 35.0 Å². The number of halogens is 1. The molecule has 4 rings (SSSR count). The Kier molecular flexibility index (Phi) is 3.97. The molecule has 2 heterocycles. The summed E-state index contributed by atoms with van der Waals surface area (Å²) < 4.78 is 12.6. The van der Waals surface area contributed by atoms with Crippen LogP contribution in [-0.4, -0.2) is 20.7 Å². The highest BCUT2D eigenvalue weighted by Gasteiger charge is 2.25. The van der Waals surface area contributed by atoms with E-state index in [1.54, 1.807) is 43.6 Å². The fourth-order valence-electron chi connectivity index (χ4n) is 2.79. The highest BCUT2D eigenvalue weighted by molar-refractivity contribution is 6.33. The first-order valence-electron chi connectivity index (χ1n) is 7.89. The van der Waals surface area contributed by atoms with Gasteiger partial charge < -0.3 is 13.8 Å². The van der Waals surface area contributed by atoms with Gasteiger partial charge in [0.15, 0.2) is 0 Å². The van der Waals surface area contributed by atoms with Crippen LogP contribution in [-0.2, 0) is 7.05 Å². The van der Waals surface area contributed by atoms with Gasteiger partial charge in [-0.25, -0.2) is 9.78 Å². The van der Waals surface area contributed by atoms with Crippen LogP contribution in [0.15, 0.2) is 53.3 Å². The van der Waals surface area contributed by atoms with Crippen LogP contribution in [0, 0.1) is 6.92 Å². The molecule has 0 aliphatic rings. The molecule has 0 saturated heterocycles. The maximum absolute atomic E-state index is 12.8. The monoisotopic (exact) mass is 367 g/mol. The van der Waals surface area contributed by atoms with Crippen molar-refractivity contribution >= 4 is 28.6 Å². The standard InChI is InChI=1S/C19H14ClN3O3/c1-11-17(18(22-26-11)13-5-3-4-6-14(13)20)19(24)25-12-7-8-16-15(9-12)21-10-23(16)2/h3-10H,1-2H3. The minimum atomic E-state index is -0.561. The summed E-state index contributed by atoms with van der Waals surface area (Å²) >= 11 is 6.23. The van der Waals surface area contributed by atoms with E-state index in [9.17, 15) is 4.79 Å². The zero-order valence-corrected chi connectivity index (χ0v) is 14.8. The molecule has 2 aromatic carbocycles. The fourth-order valence-corrected chi connectivity index (χ4v) is 3.01. The molecule has 0 unspecified atom stereocenters. The van der Waals surface area contributed by atoms with Gasteiger partial charge in [0.2, 0.25) is 0 Å². The minimum absolute atomic E-state index is 0.249. The van der Waals surface area contributed by atoms with Crippen molar-refractivity contribution in [3.8, 4) is 17.0 Å². The van der Waals surface area contributed by atoms with Crippen molar-refractivity contribution in [2.24, 2.45) is 7.05 Å². The molecule has 0 spiro atoms. The Morgan fingerprint density at radius 2 is 2.04 bits per heavy atom. The minimum Gasteiger partial charge on any atom is -0.423 e. The third-order valence-corrected chi connectivity index (χ3v) is 4.43. The average Bonchev–Trinajstić information content (AvgIpc) is 3.18. The maximum Gasteiger partial charge on any atom is 0.349 e. The van der Waals surface area contributed by atoms with E-state index in [1.807, 2.05) is 23.7 Å². The van der Waals surface area contributed by atoms with Crippen molar-refractivity contribution in [1.29, 1.82) is 0 Å². The Morgan fingerprint density at radius 1 is 1.23 bits per heavy atom. The van der Waals surface area contributed by atoms with Gasteiger partial charge in [-0.3, -0.25) is 0 Å². The third kappa shape index (κ3) is 2.74. The van der Waals surface area contributed by atoms with Crippen molar-refractivity contribution < 1.29 is 14.1 Å². The number of aromatic nitrogens is 3. The summed E-state index contributed by atoms with van der Waals surface area (Å²) in [7, 11) is 1.90. The topological polar surface area (TPSA) is 70.2 Å². The number of esters is 1. The SMILES string of the molecule is Cc1onc(-c2ccccc2Cl)c1C(=O)Oc1ccc2c(c1)ncn2C. The quantitative estimate of drug-likeness (QED) is 0.396. The van der Waals surface area contributed by atoms with Crippen LogP contribution in [0.25, 0.3) is 22.3 Å². The molecule has 2 aromatic heterocycles. The van der Waals surface area contributed by atoms with E-state index in [0.29, 0.717) is 27.8 Å². The Balaban J connectivity index is 1.70. The average molecular weight is 368 g/mol. The molecule has 6 nitrogen and oxygen atoms in total. The Labute approximate surface area is 154 Å². The van der Waals surface area contributed by atoms with E-state index in [4.69, 9.17) is 20.9 Å². The summed E-state index contributed by atoms with van der Waals surface area (Å²) in [6, 6.07) is 12.4. The lowest BCUT2D eigenvalue weighted by atomic mass is 10.1. The van der Waals surface area contributed by atoms with Crippen molar-refractivity contribution in [3.05, 3.63) is 65.1 Å². The molecule has 130 valence electrons. The highest BCUT2D eigenvalue weighted by atomic mass is 35.5. The van der Waals surface area contributed by atoms with Crippen LogP contribution >= 0.6 is 11.6 Å². The number of carbonyl (C=O) groups is 1. The van der Waals surface area contributed by atoms with Crippen LogP contribution in [0.1, 0.15) is 16.1 Å². The zero-order valence-electron chi connectivity index (χ0n) is 14.1. The van der Waals surface area contributed by atoms with Crippen LogP contribution in [0.3, 0.4) is 0 Å². The predicted molar refractivity (Wildman–Crippen MR) is 97.4 cm³/mol. The molecule has 0 N–H and O–H groups in total. The number of fused-ring (bicyclic) bond motifs is 1. The number of benzene rings is 2. The second-order valence-corrected chi connectivity index (χ2v) is 6.24. The van der Waals surface area contributed by atoms with Crippen molar-refractivity contribution in [3.63, 3.8) is 0 Å². The van der Waals surface area contributed by atoms with Crippen LogP contribution < -0.4 is 4.74 Å². The molecule has 0 aliphatic carbocycles. The Hall–Kier alpha value is -3.12. The smallest absolute Gasteiger partial charge is 0.349 e. The Morgan fingerprint density at radius 3 is 2.85 bits per heavy atom. The number of ether oxygens (including phenoxy) is 1. The zero-order chi connectivity index (χ0) is 18.3. The number of hydrogen-bond acceptors (Lipinski definition) is 5. The molecule has 7 heteroatoms. The van der Waals surface area contributed by atoms with Crippen molar-refractivity contribution in [1.82, 2.24) is 14.7 Å². The first kappa shape index (κ1) is 16.4. The number of hydrogen-bond donors (Lipinski definition) is 0. The Bertz CT molecular complexity index is 1130. The number of imidazole rings is 1. The highest BCUT2D eigenvalue weighted by Crippen LogP contribution is 2.32. The van der Waals surface area contributed by atoms with Crippen LogP contribution in [0.4, 0.5) is 0 Å². The number of nitrogens with zero attached hydrogens (tertiary/aromatic N) is 3. The molecule has 0 amide bonds. The van der Waals surface area contributed by atoms with Gasteiger partial charge in [-0.2, -0.15) is 0 Å². The van der Waals surface area contributed by atoms with Gasteiger partial charge in [0, 0.05) is 18.7 Å².